The summed E-state index contributed by atoms with van der Waals surface area (Å²) in [6, 6.07) is 19.2. The Morgan fingerprint density at radius 2 is 1.59 bits per heavy atom. The van der Waals surface area contributed by atoms with Crippen LogP contribution in [0.1, 0.15) is 27.0 Å². The number of fused-ring (bicyclic) bond motifs is 1. The van der Waals surface area contributed by atoms with E-state index < -0.39 is 11.8 Å². The van der Waals surface area contributed by atoms with Crippen molar-refractivity contribution < 1.29 is 24.5 Å². The average molecular weight is 457 g/mol. The number of aromatic nitrogens is 1. The Balaban J connectivity index is 1.46. The molecule has 2 N–H and O–H groups in total. The second kappa shape index (κ2) is 9.58. The molecule has 0 atom stereocenters. The molecular weight excluding hydrogens is 434 g/mol. The highest BCUT2D eigenvalue weighted by atomic mass is 16.5. The van der Waals surface area contributed by atoms with Gasteiger partial charge >= 0.3 is 5.91 Å². The van der Waals surface area contributed by atoms with E-state index in [2.05, 4.69) is 10.2 Å². The average Bonchev–Trinajstić information content (AvgIpc) is 3.08. The van der Waals surface area contributed by atoms with Gasteiger partial charge in [-0.2, -0.15) is 0 Å². The second-order valence-corrected chi connectivity index (χ2v) is 7.91. The second-order valence-electron chi connectivity index (χ2n) is 7.91. The molecule has 0 bridgehead atoms. The smallest absolute Gasteiger partial charge is 0.302 e. The normalized spacial score (nSPS) is 11.2. The van der Waals surface area contributed by atoms with Gasteiger partial charge in [-0.25, -0.2) is 0 Å². The minimum atomic E-state index is -0.754. The maximum atomic E-state index is 12.4. The number of ether oxygens (including phenoxy) is 1. The SMILES string of the molecule is Cc1ccc(OCC(=O)N=NC(=O)c2ccc3c(O)n(Cc4ccccc4)c(O)c3c2)cc1C. The van der Waals surface area contributed by atoms with E-state index in [-0.39, 0.29) is 30.5 Å². The van der Waals surface area contributed by atoms with Crippen molar-refractivity contribution in [2.24, 2.45) is 10.2 Å². The van der Waals surface area contributed by atoms with Crippen LogP contribution in [-0.2, 0) is 11.3 Å². The lowest BCUT2D eigenvalue weighted by atomic mass is 10.1. The van der Waals surface area contributed by atoms with Crippen LogP contribution in [0, 0.1) is 13.8 Å². The summed E-state index contributed by atoms with van der Waals surface area (Å²) in [5.41, 5.74) is 3.14. The van der Waals surface area contributed by atoms with Crippen molar-refractivity contribution in [3.63, 3.8) is 0 Å². The first-order valence-corrected chi connectivity index (χ1v) is 10.6. The van der Waals surface area contributed by atoms with E-state index in [0.29, 0.717) is 16.5 Å². The minimum Gasteiger partial charge on any atom is -0.494 e. The lowest BCUT2D eigenvalue weighted by Gasteiger charge is -2.06. The Labute approximate surface area is 195 Å². The molecule has 172 valence electrons. The summed E-state index contributed by atoms with van der Waals surface area (Å²) in [5.74, 6) is -1.23. The third kappa shape index (κ3) is 4.80. The molecule has 0 aliphatic heterocycles. The van der Waals surface area contributed by atoms with Gasteiger partial charge in [-0.3, -0.25) is 14.2 Å². The molecule has 4 aromatic rings. The standard InChI is InChI=1S/C26H23N3O5/c1-16-8-10-20(12-17(16)2)34-15-23(30)27-28-24(31)19-9-11-21-22(13-19)26(33)29(25(21)32)14-18-6-4-3-5-7-18/h3-13,32-33H,14-15H2,1-2H3. The predicted molar refractivity (Wildman–Crippen MR) is 126 cm³/mol. The van der Waals surface area contributed by atoms with E-state index in [1.54, 1.807) is 6.07 Å². The zero-order valence-electron chi connectivity index (χ0n) is 18.7. The van der Waals surface area contributed by atoms with Crippen molar-refractivity contribution in [2.45, 2.75) is 20.4 Å². The zero-order valence-corrected chi connectivity index (χ0v) is 18.7. The number of carbonyl (C=O) groups is 2. The van der Waals surface area contributed by atoms with Gasteiger partial charge in [0, 0.05) is 16.3 Å². The molecule has 0 unspecified atom stereocenters. The molecule has 1 aromatic heterocycles. The molecule has 0 aliphatic rings. The molecule has 0 fully saturated rings. The minimum absolute atomic E-state index is 0.115. The van der Waals surface area contributed by atoms with E-state index in [9.17, 15) is 19.8 Å². The molecule has 0 radical (unpaired) electrons. The predicted octanol–water partition coefficient (Wildman–Crippen LogP) is 4.92. The van der Waals surface area contributed by atoms with Crippen molar-refractivity contribution in [3.05, 3.63) is 89.0 Å². The van der Waals surface area contributed by atoms with Gasteiger partial charge in [0.05, 0.1) is 6.54 Å². The number of aromatic hydroxyl groups is 2. The number of nitrogens with zero attached hydrogens (tertiary/aromatic N) is 3. The maximum Gasteiger partial charge on any atom is 0.302 e. The Morgan fingerprint density at radius 1 is 0.853 bits per heavy atom. The number of hydrogen-bond acceptors (Lipinski definition) is 5. The number of hydrogen-bond donors (Lipinski definition) is 2. The van der Waals surface area contributed by atoms with E-state index in [1.807, 2.05) is 56.3 Å². The van der Waals surface area contributed by atoms with Crippen molar-refractivity contribution >= 4 is 22.6 Å². The molecule has 0 saturated carbocycles. The number of benzene rings is 3. The quantitative estimate of drug-likeness (QED) is 0.399. The molecule has 34 heavy (non-hydrogen) atoms. The summed E-state index contributed by atoms with van der Waals surface area (Å²) in [5, 5.41) is 28.8. The van der Waals surface area contributed by atoms with E-state index >= 15 is 0 Å². The molecule has 0 aliphatic carbocycles. The van der Waals surface area contributed by atoms with Crippen molar-refractivity contribution in [3.8, 4) is 17.5 Å². The van der Waals surface area contributed by atoms with Crippen LogP contribution >= 0.6 is 0 Å². The molecular formula is C26H23N3O5. The Morgan fingerprint density at radius 3 is 2.32 bits per heavy atom. The topological polar surface area (TPSA) is 113 Å². The molecule has 0 saturated heterocycles. The summed E-state index contributed by atoms with van der Waals surface area (Å²) < 4.78 is 6.75. The highest BCUT2D eigenvalue weighted by Crippen LogP contribution is 2.37. The van der Waals surface area contributed by atoms with Gasteiger partial charge in [0.2, 0.25) is 11.8 Å². The van der Waals surface area contributed by atoms with Crippen LogP contribution in [0.2, 0.25) is 0 Å². The number of carbonyl (C=O) groups excluding carboxylic acids is 2. The summed E-state index contributed by atoms with van der Waals surface area (Å²) >= 11 is 0. The lowest BCUT2D eigenvalue weighted by Crippen LogP contribution is -2.09. The van der Waals surface area contributed by atoms with Gasteiger partial charge in [-0.15, -0.1) is 10.2 Å². The Hall–Kier alpha value is -4.46. The molecule has 1 heterocycles. The first-order valence-electron chi connectivity index (χ1n) is 10.6. The van der Waals surface area contributed by atoms with Crippen LogP contribution in [0.25, 0.3) is 10.8 Å². The van der Waals surface area contributed by atoms with E-state index in [0.717, 1.165) is 16.7 Å². The van der Waals surface area contributed by atoms with Crippen molar-refractivity contribution in [1.82, 2.24) is 4.57 Å². The fourth-order valence-electron chi connectivity index (χ4n) is 3.50. The lowest BCUT2D eigenvalue weighted by molar-refractivity contribution is -0.120. The maximum absolute atomic E-state index is 12.4. The molecule has 0 spiro atoms. The van der Waals surface area contributed by atoms with Gasteiger partial charge < -0.3 is 14.9 Å². The molecule has 8 nitrogen and oxygen atoms in total. The fraction of sp³-hybridized carbons (Fsp3) is 0.154. The third-order valence-corrected chi connectivity index (χ3v) is 5.54. The fourth-order valence-corrected chi connectivity index (χ4v) is 3.50. The Bertz CT molecular complexity index is 1410. The Kier molecular flexibility index (Phi) is 6.40. The van der Waals surface area contributed by atoms with E-state index in [1.165, 1.54) is 22.8 Å². The van der Waals surface area contributed by atoms with Crippen LogP contribution < -0.4 is 4.74 Å². The monoisotopic (exact) mass is 457 g/mol. The van der Waals surface area contributed by atoms with E-state index in [4.69, 9.17) is 4.74 Å². The van der Waals surface area contributed by atoms with Gasteiger partial charge in [0.25, 0.3) is 5.91 Å². The third-order valence-electron chi connectivity index (χ3n) is 5.54. The van der Waals surface area contributed by atoms with Gasteiger partial charge in [-0.1, -0.05) is 36.4 Å². The first-order chi connectivity index (χ1) is 16.3. The van der Waals surface area contributed by atoms with Gasteiger partial charge in [0.15, 0.2) is 6.61 Å². The van der Waals surface area contributed by atoms with Gasteiger partial charge in [0.1, 0.15) is 5.75 Å². The van der Waals surface area contributed by atoms with Crippen LogP contribution in [-0.4, -0.2) is 33.2 Å². The number of amides is 2. The molecule has 3 aromatic carbocycles. The summed E-state index contributed by atoms with van der Waals surface area (Å²) in [4.78, 5) is 24.4. The molecule has 4 rings (SSSR count). The van der Waals surface area contributed by atoms with Gasteiger partial charge in [-0.05, 0) is 60.9 Å². The van der Waals surface area contributed by atoms with Crippen molar-refractivity contribution in [1.29, 1.82) is 0 Å². The van der Waals surface area contributed by atoms with Crippen LogP contribution in [0.4, 0.5) is 0 Å². The largest absolute Gasteiger partial charge is 0.494 e. The number of azo groups is 1. The highest BCUT2D eigenvalue weighted by Gasteiger charge is 2.18. The summed E-state index contributed by atoms with van der Waals surface area (Å²) in [6.07, 6.45) is 0. The first kappa shape index (κ1) is 22.7. The zero-order chi connectivity index (χ0) is 24.2. The number of aryl methyl sites for hydroxylation is 2. The summed E-state index contributed by atoms with van der Waals surface area (Å²) in [7, 11) is 0. The molecule has 2 amide bonds. The van der Waals surface area contributed by atoms with Crippen LogP contribution in [0.15, 0.2) is 77.0 Å². The highest BCUT2D eigenvalue weighted by molar-refractivity contribution is 6.02. The number of rotatable bonds is 6. The van der Waals surface area contributed by atoms with Crippen LogP contribution in [0.5, 0.6) is 17.5 Å². The summed E-state index contributed by atoms with van der Waals surface area (Å²) in [6.45, 7) is 3.81. The van der Waals surface area contributed by atoms with Crippen molar-refractivity contribution in [2.75, 3.05) is 6.61 Å². The molecule has 8 heteroatoms. The van der Waals surface area contributed by atoms with Crippen LogP contribution in [0.3, 0.4) is 0 Å².